The van der Waals surface area contributed by atoms with Crippen LogP contribution in [0.2, 0.25) is 0 Å². The van der Waals surface area contributed by atoms with Crippen molar-refractivity contribution in [3.63, 3.8) is 0 Å². The number of aliphatic hydroxyl groups excluding tert-OH is 4. The van der Waals surface area contributed by atoms with E-state index >= 15 is 0 Å². The molecule has 0 aliphatic carbocycles. The van der Waals surface area contributed by atoms with Crippen LogP contribution in [0.1, 0.15) is 296 Å². The molecular weight excluding hydrogens is 943 g/mol. The van der Waals surface area contributed by atoms with Gasteiger partial charge in [-0.15, -0.1) is 0 Å². The summed E-state index contributed by atoms with van der Waals surface area (Å²) in [7, 11) is -5.08. The number of unbranched alkanes of at least 4 members (excludes halogenated alkanes) is 40. The smallest absolute Gasteiger partial charge is 0.394 e. The Morgan fingerprint density at radius 1 is 0.534 bits per heavy atom. The van der Waals surface area contributed by atoms with Crippen LogP contribution in [0.25, 0.3) is 0 Å². The van der Waals surface area contributed by atoms with Crippen LogP contribution in [0.15, 0.2) is 24.3 Å². The van der Waals surface area contributed by atoms with E-state index < -0.39 is 59.9 Å². The van der Waals surface area contributed by atoms with Crippen molar-refractivity contribution >= 4 is 16.3 Å². The Hall–Kier alpha value is -1.42. The Balaban J connectivity index is 2.11. The molecule has 1 heterocycles. The van der Waals surface area contributed by atoms with E-state index in [1.807, 2.05) is 6.08 Å². The van der Waals surface area contributed by atoms with Gasteiger partial charge in [0.25, 0.3) is 0 Å². The molecule has 432 valence electrons. The van der Waals surface area contributed by atoms with E-state index in [1.165, 1.54) is 225 Å². The van der Waals surface area contributed by atoms with Crippen LogP contribution < -0.4 is 5.32 Å². The molecule has 1 aliphatic rings. The molecule has 6 N–H and O–H groups in total. The first kappa shape index (κ1) is 69.6. The van der Waals surface area contributed by atoms with E-state index in [1.54, 1.807) is 6.08 Å². The van der Waals surface area contributed by atoms with Gasteiger partial charge in [-0.3, -0.25) is 9.35 Å². The van der Waals surface area contributed by atoms with Gasteiger partial charge >= 0.3 is 10.4 Å². The first-order valence-electron chi connectivity index (χ1n) is 30.7. The number of aliphatic hydroxyl groups is 4. The summed E-state index contributed by atoms with van der Waals surface area (Å²) in [6.07, 6.45) is 54.4. The minimum absolute atomic E-state index is 0.261. The van der Waals surface area contributed by atoms with Crippen molar-refractivity contribution in [2.75, 3.05) is 13.2 Å². The van der Waals surface area contributed by atoms with E-state index in [0.717, 1.165) is 44.9 Å². The van der Waals surface area contributed by atoms with Crippen LogP contribution in [-0.2, 0) is 28.9 Å². The molecule has 73 heavy (non-hydrogen) atoms. The van der Waals surface area contributed by atoms with Crippen molar-refractivity contribution in [1.82, 2.24) is 5.32 Å². The van der Waals surface area contributed by atoms with Gasteiger partial charge in [0.2, 0.25) is 5.91 Å². The zero-order valence-electron chi connectivity index (χ0n) is 47.0. The fourth-order valence-corrected chi connectivity index (χ4v) is 10.5. The summed E-state index contributed by atoms with van der Waals surface area (Å²) in [5.74, 6) is -0.261. The molecule has 0 spiro atoms. The Bertz CT molecular complexity index is 1380. The van der Waals surface area contributed by atoms with E-state index in [0.29, 0.717) is 6.42 Å². The highest BCUT2D eigenvalue weighted by atomic mass is 32.3. The lowest BCUT2D eigenvalue weighted by atomic mass is 9.99. The maximum atomic E-state index is 13.1. The zero-order chi connectivity index (χ0) is 53.3. The molecule has 1 amide bonds. The number of carbonyl (C=O) groups excluding carboxylic acids is 1. The van der Waals surface area contributed by atoms with Crippen molar-refractivity contribution in [2.45, 2.75) is 339 Å². The van der Waals surface area contributed by atoms with Gasteiger partial charge in [0.05, 0.1) is 25.4 Å². The minimum atomic E-state index is -5.08. The molecule has 1 fully saturated rings. The Morgan fingerprint density at radius 2 is 0.877 bits per heavy atom. The van der Waals surface area contributed by atoms with Gasteiger partial charge < -0.3 is 35.2 Å². The fraction of sp³-hybridized carbons (Fsp3) is 0.917. The quantitative estimate of drug-likeness (QED) is 0.0193. The lowest BCUT2D eigenvalue weighted by Crippen LogP contribution is -2.61. The summed E-state index contributed by atoms with van der Waals surface area (Å²) < 4.78 is 47.7. The summed E-state index contributed by atoms with van der Waals surface area (Å²) >= 11 is 0. The van der Waals surface area contributed by atoms with E-state index in [4.69, 9.17) is 9.47 Å². The van der Waals surface area contributed by atoms with Crippen molar-refractivity contribution in [3.8, 4) is 0 Å². The second-order valence-corrected chi connectivity index (χ2v) is 22.7. The first-order valence-corrected chi connectivity index (χ1v) is 32.1. The molecule has 0 aromatic heterocycles. The van der Waals surface area contributed by atoms with Crippen molar-refractivity contribution in [3.05, 3.63) is 24.3 Å². The predicted octanol–water partition coefficient (Wildman–Crippen LogP) is 14.8. The normalized spacial score (nSPS) is 19.4. The Morgan fingerprint density at radius 3 is 1.23 bits per heavy atom. The average molecular weight is 1060 g/mol. The Kier molecular flexibility index (Phi) is 47.8. The van der Waals surface area contributed by atoms with Crippen molar-refractivity contribution in [2.24, 2.45) is 0 Å². The molecular formula is C60H115NO11S. The lowest BCUT2D eigenvalue weighted by Gasteiger charge is -2.41. The second-order valence-electron chi connectivity index (χ2n) is 21.6. The van der Waals surface area contributed by atoms with Crippen molar-refractivity contribution < 1.29 is 51.8 Å². The molecule has 13 heteroatoms. The van der Waals surface area contributed by atoms with Crippen LogP contribution >= 0.6 is 0 Å². The summed E-state index contributed by atoms with van der Waals surface area (Å²) in [6.45, 7) is 3.38. The van der Waals surface area contributed by atoms with E-state index in [9.17, 15) is 38.2 Å². The average Bonchev–Trinajstić information content (AvgIpc) is 3.37. The van der Waals surface area contributed by atoms with Gasteiger partial charge in [-0.25, -0.2) is 4.18 Å². The second kappa shape index (κ2) is 50.1. The number of hydrogen-bond donors (Lipinski definition) is 6. The summed E-state index contributed by atoms with van der Waals surface area (Å²) in [4.78, 5) is 13.1. The standard InChI is InChI=1S/C60H115NO11S/c1-3-5-7-9-11-13-14-15-16-17-18-19-20-21-22-23-24-25-26-27-28-29-30-31-32-33-34-35-36-37-38-39-40-42-44-46-48-50-56(64)61-53(54(63)49-47-45-43-41-12-10-8-6-4-2)52-70-60-58(66)59(72-73(67,68)69)57(65)55(51-62)71-60/h25-26,47,49,53-55,57-60,62-63,65-66H,3-24,27-46,48,50-52H2,1-2H3,(H,61,64)(H,67,68,69)/b26-25-,49-47+. The van der Waals surface area contributed by atoms with Gasteiger partial charge in [0, 0.05) is 6.42 Å². The third kappa shape index (κ3) is 42.3. The van der Waals surface area contributed by atoms with E-state index in [2.05, 4.69) is 35.5 Å². The summed E-state index contributed by atoms with van der Waals surface area (Å²) in [6, 6.07) is -0.940. The summed E-state index contributed by atoms with van der Waals surface area (Å²) in [5, 5.41) is 44.7. The van der Waals surface area contributed by atoms with Crippen LogP contribution in [0.5, 0.6) is 0 Å². The number of ether oxygens (including phenoxy) is 2. The van der Waals surface area contributed by atoms with Gasteiger partial charge in [-0.05, 0) is 44.9 Å². The highest BCUT2D eigenvalue weighted by Crippen LogP contribution is 2.26. The van der Waals surface area contributed by atoms with E-state index in [-0.39, 0.29) is 18.9 Å². The first-order chi connectivity index (χ1) is 35.5. The van der Waals surface area contributed by atoms with Gasteiger partial charge in [-0.2, -0.15) is 8.42 Å². The summed E-state index contributed by atoms with van der Waals surface area (Å²) in [5.41, 5.74) is 0. The SMILES string of the molecule is CCCCCCCCC/C=C/C(O)C(COC1OC(CO)C(O)C(OS(=O)(=O)O)C1O)NC(=O)CCCCCCCCCCCCCCCCCCC/C=C\CCCCCCCCCCCCCCCCCC. The molecule has 12 nitrogen and oxygen atoms in total. The highest BCUT2D eigenvalue weighted by molar-refractivity contribution is 7.80. The van der Waals surface area contributed by atoms with Crippen molar-refractivity contribution in [1.29, 1.82) is 0 Å². The largest absolute Gasteiger partial charge is 0.397 e. The van der Waals surface area contributed by atoms with Crippen LogP contribution in [0.3, 0.4) is 0 Å². The van der Waals surface area contributed by atoms with Crippen LogP contribution in [0.4, 0.5) is 0 Å². The molecule has 1 rings (SSSR count). The molecule has 0 bridgehead atoms. The Labute approximate surface area is 448 Å². The topological polar surface area (TPSA) is 192 Å². The maximum absolute atomic E-state index is 13.1. The molecule has 0 radical (unpaired) electrons. The zero-order valence-corrected chi connectivity index (χ0v) is 47.8. The van der Waals surface area contributed by atoms with Gasteiger partial charge in [-0.1, -0.05) is 269 Å². The number of nitrogens with one attached hydrogen (secondary N) is 1. The maximum Gasteiger partial charge on any atom is 0.397 e. The molecule has 1 saturated heterocycles. The highest BCUT2D eigenvalue weighted by Gasteiger charge is 2.48. The molecule has 0 saturated carbocycles. The van der Waals surface area contributed by atoms with Crippen LogP contribution in [-0.4, -0.2) is 95.4 Å². The number of rotatable bonds is 54. The number of allylic oxidation sites excluding steroid dienone is 3. The molecule has 7 atom stereocenters. The number of carbonyl (C=O) groups is 1. The number of hydrogen-bond acceptors (Lipinski definition) is 10. The molecule has 0 aromatic carbocycles. The molecule has 1 aliphatic heterocycles. The lowest BCUT2D eigenvalue weighted by molar-refractivity contribution is -0.298. The minimum Gasteiger partial charge on any atom is -0.394 e. The fourth-order valence-electron chi connectivity index (χ4n) is 9.98. The van der Waals surface area contributed by atoms with Gasteiger partial charge in [0.15, 0.2) is 6.29 Å². The molecule has 0 aromatic rings. The third-order valence-corrected chi connectivity index (χ3v) is 15.2. The van der Waals surface area contributed by atoms with Crippen LogP contribution in [0, 0.1) is 0 Å². The van der Waals surface area contributed by atoms with Gasteiger partial charge in [0.1, 0.15) is 24.4 Å². The third-order valence-electron chi connectivity index (χ3n) is 14.7. The predicted molar refractivity (Wildman–Crippen MR) is 301 cm³/mol. The monoisotopic (exact) mass is 1060 g/mol. The number of amides is 1. The molecule has 7 unspecified atom stereocenters.